The van der Waals surface area contributed by atoms with Crippen LogP contribution in [-0.4, -0.2) is 5.91 Å². The van der Waals surface area contributed by atoms with Crippen molar-refractivity contribution in [1.82, 2.24) is 0 Å². The Balaban J connectivity index is 2.44. The van der Waals surface area contributed by atoms with Gasteiger partial charge in [-0.1, -0.05) is 19.8 Å². The molecule has 0 saturated heterocycles. The van der Waals surface area contributed by atoms with E-state index in [2.05, 4.69) is 6.92 Å². The molecule has 1 aromatic heterocycles. The molecule has 72 valence electrons. The molecule has 0 fully saturated rings. The standard InChI is InChI=1S/C10H15NOS/c1-2-3-4-5-8-6-9(10(11)12)13-7-8/h6-7H,2-5H2,1H3,(H2,11,12). The van der Waals surface area contributed by atoms with Crippen LogP contribution in [0.3, 0.4) is 0 Å². The third-order valence-corrected chi connectivity index (χ3v) is 2.96. The van der Waals surface area contributed by atoms with Crippen molar-refractivity contribution in [3.63, 3.8) is 0 Å². The van der Waals surface area contributed by atoms with Crippen molar-refractivity contribution < 1.29 is 4.79 Å². The van der Waals surface area contributed by atoms with E-state index in [1.807, 2.05) is 11.4 Å². The highest BCUT2D eigenvalue weighted by Gasteiger charge is 2.03. The summed E-state index contributed by atoms with van der Waals surface area (Å²) >= 11 is 1.44. The summed E-state index contributed by atoms with van der Waals surface area (Å²) in [6.45, 7) is 2.18. The normalized spacial score (nSPS) is 10.2. The monoisotopic (exact) mass is 197 g/mol. The maximum absolute atomic E-state index is 10.8. The van der Waals surface area contributed by atoms with Crippen LogP contribution in [0.2, 0.25) is 0 Å². The second-order valence-electron chi connectivity index (χ2n) is 3.14. The van der Waals surface area contributed by atoms with Gasteiger partial charge < -0.3 is 5.73 Å². The predicted octanol–water partition coefficient (Wildman–Crippen LogP) is 2.58. The van der Waals surface area contributed by atoms with Crippen LogP contribution in [0.15, 0.2) is 11.4 Å². The van der Waals surface area contributed by atoms with Crippen molar-refractivity contribution in [2.24, 2.45) is 5.73 Å². The van der Waals surface area contributed by atoms with Gasteiger partial charge in [0.25, 0.3) is 5.91 Å². The van der Waals surface area contributed by atoms with Gasteiger partial charge in [0, 0.05) is 0 Å². The Kier molecular flexibility index (Phi) is 3.96. The largest absolute Gasteiger partial charge is 0.365 e. The molecule has 0 radical (unpaired) electrons. The second-order valence-corrected chi connectivity index (χ2v) is 4.05. The van der Waals surface area contributed by atoms with Crippen LogP contribution in [0.4, 0.5) is 0 Å². The summed E-state index contributed by atoms with van der Waals surface area (Å²) in [5.41, 5.74) is 6.40. The molecule has 13 heavy (non-hydrogen) atoms. The molecule has 1 aromatic rings. The van der Waals surface area contributed by atoms with Crippen molar-refractivity contribution in [2.75, 3.05) is 0 Å². The molecule has 1 amide bonds. The lowest BCUT2D eigenvalue weighted by Gasteiger charge is -1.94. The zero-order chi connectivity index (χ0) is 9.68. The van der Waals surface area contributed by atoms with Crippen molar-refractivity contribution >= 4 is 17.2 Å². The molecule has 3 heteroatoms. The maximum Gasteiger partial charge on any atom is 0.258 e. The minimum atomic E-state index is -0.313. The number of carbonyl (C=O) groups is 1. The fraction of sp³-hybridized carbons (Fsp3) is 0.500. The minimum absolute atomic E-state index is 0.313. The van der Waals surface area contributed by atoms with E-state index >= 15 is 0 Å². The van der Waals surface area contributed by atoms with Gasteiger partial charge in [0.2, 0.25) is 0 Å². The molecule has 0 spiro atoms. The predicted molar refractivity (Wildman–Crippen MR) is 56.1 cm³/mol. The summed E-state index contributed by atoms with van der Waals surface area (Å²) in [6.07, 6.45) is 4.75. The number of hydrogen-bond acceptors (Lipinski definition) is 2. The first-order valence-electron chi connectivity index (χ1n) is 4.61. The molecule has 1 rings (SSSR count). The zero-order valence-corrected chi connectivity index (χ0v) is 8.69. The number of unbranched alkanes of at least 4 members (excludes halogenated alkanes) is 2. The van der Waals surface area contributed by atoms with E-state index in [1.165, 1.54) is 36.2 Å². The number of carbonyl (C=O) groups excluding carboxylic acids is 1. The lowest BCUT2D eigenvalue weighted by atomic mass is 10.1. The summed E-state index contributed by atoms with van der Waals surface area (Å²) in [5.74, 6) is -0.313. The molecule has 0 atom stereocenters. The van der Waals surface area contributed by atoms with E-state index in [0.29, 0.717) is 4.88 Å². The van der Waals surface area contributed by atoms with Crippen LogP contribution in [-0.2, 0) is 6.42 Å². The van der Waals surface area contributed by atoms with E-state index in [-0.39, 0.29) is 5.91 Å². The van der Waals surface area contributed by atoms with Crippen LogP contribution in [0.1, 0.15) is 41.4 Å². The first-order chi connectivity index (χ1) is 6.24. The van der Waals surface area contributed by atoms with Crippen LogP contribution >= 0.6 is 11.3 Å². The molecule has 0 aliphatic heterocycles. The van der Waals surface area contributed by atoms with Gasteiger partial charge in [-0.2, -0.15) is 0 Å². The molecule has 0 aromatic carbocycles. The summed E-state index contributed by atoms with van der Waals surface area (Å²) < 4.78 is 0. The van der Waals surface area contributed by atoms with Crippen molar-refractivity contribution in [3.8, 4) is 0 Å². The number of rotatable bonds is 5. The lowest BCUT2D eigenvalue weighted by Crippen LogP contribution is -2.08. The van der Waals surface area contributed by atoms with Crippen molar-refractivity contribution in [2.45, 2.75) is 32.6 Å². The quantitative estimate of drug-likeness (QED) is 0.724. The fourth-order valence-electron chi connectivity index (χ4n) is 1.22. The Morgan fingerprint density at radius 3 is 2.85 bits per heavy atom. The minimum Gasteiger partial charge on any atom is -0.365 e. The fourth-order valence-corrected chi connectivity index (χ4v) is 2.01. The van der Waals surface area contributed by atoms with Gasteiger partial charge in [0.05, 0.1) is 4.88 Å². The molecular formula is C10H15NOS. The maximum atomic E-state index is 10.8. The number of hydrogen-bond donors (Lipinski definition) is 1. The van der Waals surface area contributed by atoms with Crippen LogP contribution in [0.5, 0.6) is 0 Å². The number of primary amides is 1. The van der Waals surface area contributed by atoms with Crippen LogP contribution < -0.4 is 5.73 Å². The van der Waals surface area contributed by atoms with E-state index in [9.17, 15) is 4.79 Å². The van der Waals surface area contributed by atoms with Gasteiger partial charge in [0.1, 0.15) is 0 Å². The SMILES string of the molecule is CCCCCc1csc(C(N)=O)c1. The van der Waals surface area contributed by atoms with E-state index < -0.39 is 0 Å². The number of nitrogens with two attached hydrogens (primary N) is 1. The van der Waals surface area contributed by atoms with E-state index in [1.54, 1.807) is 0 Å². The van der Waals surface area contributed by atoms with Gasteiger partial charge in [-0.25, -0.2) is 0 Å². The Bertz CT molecular complexity index is 280. The molecule has 2 nitrogen and oxygen atoms in total. The third kappa shape index (κ3) is 3.19. The molecule has 2 N–H and O–H groups in total. The summed E-state index contributed by atoms with van der Waals surface area (Å²) in [5, 5.41) is 2.02. The highest BCUT2D eigenvalue weighted by molar-refractivity contribution is 7.12. The highest BCUT2D eigenvalue weighted by atomic mass is 32.1. The summed E-state index contributed by atoms with van der Waals surface area (Å²) in [6, 6.07) is 1.91. The number of aryl methyl sites for hydroxylation is 1. The Morgan fingerprint density at radius 1 is 1.54 bits per heavy atom. The highest BCUT2D eigenvalue weighted by Crippen LogP contribution is 2.16. The van der Waals surface area contributed by atoms with Crippen molar-refractivity contribution in [3.05, 3.63) is 21.9 Å². The number of thiophene rings is 1. The van der Waals surface area contributed by atoms with Crippen LogP contribution in [0, 0.1) is 0 Å². The second kappa shape index (κ2) is 5.02. The van der Waals surface area contributed by atoms with E-state index in [4.69, 9.17) is 5.73 Å². The average molecular weight is 197 g/mol. The topological polar surface area (TPSA) is 43.1 Å². The smallest absolute Gasteiger partial charge is 0.258 e. The first-order valence-corrected chi connectivity index (χ1v) is 5.49. The van der Waals surface area contributed by atoms with Crippen LogP contribution in [0.25, 0.3) is 0 Å². The average Bonchev–Trinajstić information content (AvgIpc) is 2.53. The third-order valence-electron chi connectivity index (χ3n) is 1.97. The Labute approximate surface area is 82.8 Å². The van der Waals surface area contributed by atoms with Gasteiger partial charge in [-0.15, -0.1) is 11.3 Å². The molecule has 0 unspecified atom stereocenters. The molecule has 0 saturated carbocycles. The lowest BCUT2D eigenvalue weighted by molar-refractivity contribution is 0.100. The molecule has 0 bridgehead atoms. The zero-order valence-electron chi connectivity index (χ0n) is 7.88. The van der Waals surface area contributed by atoms with Gasteiger partial charge >= 0.3 is 0 Å². The molecular weight excluding hydrogens is 182 g/mol. The molecule has 0 aliphatic carbocycles. The Hall–Kier alpha value is -0.830. The molecule has 1 heterocycles. The molecule has 0 aliphatic rings. The number of amides is 1. The van der Waals surface area contributed by atoms with Gasteiger partial charge in [-0.3, -0.25) is 4.79 Å². The summed E-state index contributed by atoms with van der Waals surface area (Å²) in [7, 11) is 0. The van der Waals surface area contributed by atoms with Gasteiger partial charge in [0.15, 0.2) is 0 Å². The first kappa shape index (κ1) is 10.3. The van der Waals surface area contributed by atoms with Crippen molar-refractivity contribution in [1.29, 1.82) is 0 Å². The van der Waals surface area contributed by atoms with Gasteiger partial charge in [-0.05, 0) is 29.9 Å². The summed E-state index contributed by atoms with van der Waals surface area (Å²) in [4.78, 5) is 11.4. The Morgan fingerprint density at radius 2 is 2.31 bits per heavy atom. The van der Waals surface area contributed by atoms with E-state index in [0.717, 1.165) is 6.42 Å².